The summed E-state index contributed by atoms with van der Waals surface area (Å²) in [6.07, 6.45) is -16.9. The molecular weight excluding hydrogens is 654 g/mol. The first kappa shape index (κ1) is 41.2. The van der Waals surface area contributed by atoms with Crippen LogP contribution in [0.4, 0.5) is 0 Å². The lowest BCUT2D eigenvalue weighted by atomic mass is 9.97. The highest BCUT2D eigenvalue weighted by molar-refractivity contribution is 5.83. The molecule has 1 aliphatic heterocycles. The van der Waals surface area contributed by atoms with E-state index < -0.39 is 122 Å². The third-order valence-corrected chi connectivity index (χ3v) is 5.87. The van der Waals surface area contributed by atoms with Crippen LogP contribution in [0.5, 0.6) is 0 Å². The predicted molar refractivity (Wildman–Crippen MR) is 149 cm³/mol. The summed E-state index contributed by atoms with van der Waals surface area (Å²) in [7, 11) is 0. The maximum absolute atomic E-state index is 12.5. The van der Waals surface area contributed by atoms with E-state index in [1.807, 2.05) is 0 Å². The van der Waals surface area contributed by atoms with Crippen LogP contribution >= 0.6 is 0 Å². The fourth-order valence-electron chi connectivity index (χ4n) is 4.40. The maximum atomic E-state index is 12.5. The van der Waals surface area contributed by atoms with E-state index in [1.165, 1.54) is 0 Å². The van der Waals surface area contributed by atoms with E-state index in [2.05, 4.69) is 0 Å². The molecule has 270 valence electrons. The van der Waals surface area contributed by atoms with Crippen LogP contribution in [0.1, 0.15) is 55.4 Å². The van der Waals surface area contributed by atoms with Gasteiger partial charge in [-0.25, -0.2) is 0 Å². The van der Waals surface area contributed by atoms with Gasteiger partial charge in [0.2, 0.25) is 6.10 Å². The normalized spacial score (nSPS) is 22.6. The first-order valence-corrected chi connectivity index (χ1v) is 14.1. The molecule has 0 bridgehead atoms. The highest BCUT2D eigenvalue weighted by Gasteiger charge is 2.55. The number of amides is 1. The molecule has 0 aromatic rings. The second-order valence-corrected chi connectivity index (χ2v) is 10.1. The quantitative estimate of drug-likeness (QED) is 0.139. The molecule has 0 spiro atoms. The molecule has 2 N–H and O–H groups in total. The average molecular weight is 694 g/mol. The van der Waals surface area contributed by atoms with E-state index in [4.69, 9.17) is 53.1 Å². The maximum Gasteiger partial charge on any atom is 0.303 e. The standard InChI is InChI=1S/C28H39NO19/c1-11(30)39-9-19(41-13(3)32)22(23(43-15(5)34)25(27(29)38)45-17(7)36)48-28-26(46-18(8)37)24(44-16(6)35)21(42-14(4)33)20(47-28)10-40-12(2)31/h19-26,28H,9-10H2,1-8H3,(H2,29,38)/t19-,20-,21+,22?,23+,24+,25-,26-,28+/m1/s1. The van der Waals surface area contributed by atoms with Gasteiger partial charge in [0.15, 0.2) is 36.8 Å². The van der Waals surface area contributed by atoms with E-state index >= 15 is 0 Å². The Kier molecular flexibility index (Phi) is 16.4. The van der Waals surface area contributed by atoms with Crippen molar-refractivity contribution in [2.45, 2.75) is 111 Å². The van der Waals surface area contributed by atoms with Crippen molar-refractivity contribution in [2.24, 2.45) is 5.73 Å². The minimum atomic E-state index is -2.16. The van der Waals surface area contributed by atoms with E-state index in [0.29, 0.717) is 0 Å². The minimum absolute atomic E-state index is 0.673. The molecule has 0 aliphatic carbocycles. The number of rotatable bonds is 16. The molecule has 1 heterocycles. The molecule has 1 aliphatic rings. The molecule has 48 heavy (non-hydrogen) atoms. The van der Waals surface area contributed by atoms with Crippen molar-refractivity contribution in [3.63, 3.8) is 0 Å². The molecule has 1 rings (SSSR count). The Labute approximate surface area is 274 Å². The summed E-state index contributed by atoms with van der Waals surface area (Å²) >= 11 is 0. The van der Waals surface area contributed by atoms with Crippen molar-refractivity contribution in [2.75, 3.05) is 13.2 Å². The lowest BCUT2D eigenvalue weighted by Gasteiger charge is -2.46. The number of ether oxygens (including phenoxy) is 10. The van der Waals surface area contributed by atoms with Crippen LogP contribution in [0.3, 0.4) is 0 Å². The first-order valence-electron chi connectivity index (χ1n) is 14.1. The number of esters is 8. The van der Waals surface area contributed by atoms with E-state index in [0.717, 1.165) is 55.4 Å². The summed E-state index contributed by atoms with van der Waals surface area (Å²) in [6, 6.07) is 0. The Morgan fingerprint density at radius 1 is 0.562 bits per heavy atom. The van der Waals surface area contributed by atoms with Crippen LogP contribution in [-0.2, 0) is 90.5 Å². The lowest BCUT2D eigenvalue weighted by Crippen LogP contribution is -2.65. The van der Waals surface area contributed by atoms with Gasteiger partial charge in [-0.1, -0.05) is 0 Å². The zero-order chi connectivity index (χ0) is 36.9. The molecule has 20 nitrogen and oxygen atoms in total. The van der Waals surface area contributed by atoms with Crippen LogP contribution in [-0.4, -0.2) is 122 Å². The van der Waals surface area contributed by atoms with Gasteiger partial charge in [0, 0.05) is 55.4 Å². The molecule has 1 saturated heterocycles. The Morgan fingerprint density at radius 3 is 1.48 bits per heavy atom. The SMILES string of the molecule is CC(=O)OC[C@@H](OC(C)=O)C(O[C@@H]1O[C@H](COC(C)=O)[C@H](OC(C)=O)[C@H](OC(C)=O)[C@H]1OC(C)=O)[C@H](OC(C)=O)[C@@H](OC(C)=O)C(N)=O. The molecule has 1 fully saturated rings. The van der Waals surface area contributed by atoms with Gasteiger partial charge in [-0.15, -0.1) is 0 Å². The van der Waals surface area contributed by atoms with Crippen molar-refractivity contribution < 1.29 is 90.5 Å². The number of carbonyl (C=O) groups excluding carboxylic acids is 9. The molecule has 0 aromatic heterocycles. The van der Waals surface area contributed by atoms with E-state index in [9.17, 15) is 43.2 Å². The summed E-state index contributed by atoms with van der Waals surface area (Å²) in [6.45, 7) is 6.14. The van der Waals surface area contributed by atoms with Crippen molar-refractivity contribution in [1.29, 1.82) is 0 Å². The van der Waals surface area contributed by atoms with Crippen molar-refractivity contribution >= 4 is 53.7 Å². The zero-order valence-electron chi connectivity index (χ0n) is 27.4. The van der Waals surface area contributed by atoms with Crippen molar-refractivity contribution in [3.05, 3.63) is 0 Å². The van der Waals surface area contributed by atoms with Gasteiger partial charge in [-0.3, -0.25) is 43.2 Å². The highest BCUT2D eigenvalue weighted by Crippen LogP contribution is 2.32. The Hall–Kier alpha value is -4.85. The average Bonchev–Trinajstić information content (AvgIpc) is 2.92. The van der Waals surface area contributed by atoms with Crippen LogP contribution < -0.4 is 5.73 Å². The van der Waals surface area contributed by atoms with Gasteiger partial charge in [0.1, 0.15) is 25.4 Å². The van der Waals surface area contributed by atoms with Gasteiger partial charge < -0.3 is 53.1 Å². The van der Waals surface area contributed by atoms with E-state index in [-0.39, 0.29) is 0 Å². The molecule has 0 aromatic carbocycles. The van der Waals surface area contributed by atoms with Gasteiger partial charge >= 0.3 is 47.8 Å². The summed E-state index contributed by atoms with van der Waals surface area (Å²) in [5.41, 5.74) is 5.47. The summed E-state index contributed by atoms with van der Waals surface area (Å²) in [5, 5.41) is 0. The Morgan fingerprint density at radius 2 is 1.04 bits per heavy atom. The molecule has 20 heteroatoms. The summed E-state index contributed by atoms with van der Waals surface area (Å²) < 4.78 is 53.5. The van der Waals surface area contributed by atoms with Crippen LogP contribution in [0.2, 0.25) is 0 Å². The minimum Gasteiger partial charge on any atom is -0.463 e. The Balaban J connectivity index is 4.05. The number of nitrogens with two attached hydrogens (primary N) is 1. The predicted octanol–water partition coefficient (Wildman–Crippen LogP) is -1.70. The van der Waals surface area contributed by atoms with Crippen molar-refractivity contribution in [1.82, 2.24) is 0 Å². The van der Waals surface area contributed by atoms with Gasteiger partial charge in [0.25, 0.3) is 5.91 Å². The third kappa shape index (κ3) is 13.9. The molecule has 1 amide bonds. The van der Waals surface area contributed by atoms with Crippen LogP contribution in [0, 0.1) is 0 Å². The topological polar surface area (TPSA) is 272 Å². The molecule has 0 radical (unpaired) electrons. The molecule has 1 unspecified atom stereocenters. The number of carbonyl (C=O) groups is 9. The molecule has 0 saturated carbocycles. The van der Waals surface area contributed by atoms with Crippen molar-refractivity contribution in [3.8, 4) is 0 Å². The van der Waals surface area contributed by atoms with Gasteiger partial charge in [-0.2, -0.15) is 0 Å². The summed E-state index contributed by atoms with van der Waals surface area (Å²) in [4.78, 5) is 109. The second kappa shape index (κ2) is 19.1. The fourth-order valence-corrected chi connectivity index (χ4v) is 4.40. The number of hydrogen-bond donors (Lipinski definition) is 1. The molecule has 9 atom stereocenters. The monoisotopic (exact) mass is 693 g/mol. The molecular formula is C28H39NO19. The van der Waals surface area contributed by atoms with Gasteiger partial charge in [0.05, 0.1) is 0 Å². The Bertz CT molecular complexity index is 1230. The second-order valence-electron chi connectivity index (χ2n) is 10.1. The van der Waals surface area contributed by atoms with Crippen LogP contribution in [0.25, 0.3) is 0 Å². The number of primary amides is 1. The summed E-state index contributed by atoms with van der Waals surface area (Å²) in [5.74, 6) is -9.25. The number of hydrogen-bond acceptors (Lipinski definition) is 19. The van der Waals surface area contributed by atoms with E-state index in [1.54, 1.807) is 0 Å². The highest BCUT2D eigenvalue weighted by atomic mass is 16.8. The first-order chi connectivity index (χ1) is 22.2. The largest absolute Gasteiger partial charge is 0.463 e. The third-order valence-electron chi connectivity index (χ3n) is 5.87. The van der Waals surface area contributed by atoms with Gasteiger partial charge in [-0.05, 0) is 0 Å². The smallest absolute Gasteiger partial charge is 0.303 e. The van der Waals surface area contributed by atoms with Crippen LogP contribution in [0.15, 0.2) is 0 Å². The lowest BCUT2D eigenvalue weighted by molar-refractivity contribution is -0.331. The zero-order valence-corrected chi connectivity index (χ0v) is 27.4. The fraction of sp³-hybridized carbons (Fsp3) is 0.679.